The Labute approximate surface area is 256 Å². The summed E-state index contributed by atoms with van der Waals surface area (Å²) in [4.78, 5) is 66.5. The molecular formula is C32H44FNO10. The second kappa shape index (κ2) is 12.7. The first-order valence-electron chi connectivity index (χ1n) is 15.6. The lowest BCUT2D eigenvalue weighted by molar-refractivity contribution is -0.757. The smallest absolute Gasteiger partial charge is 0.306 e. The Morgan fingerprint density at radius 1 is 1.14 bits per heavy atom. The van der Waals surface area contributed by atoms with E-state index in [0.717, 1.165) is 6.42 Å². The van der Waals surface area contributed by atoms with Gasteiger partial charge in [-0.25, -0.2) is 4.39 Å². The molecular weight excluding hydrogens is 577 g/mol. The number of rotatable bonds is 13. The average molecular weight is 622 g/mol. The number of unbranched alkanes of at least 4 members (excludes halogenated alkanes) is 2. The van der Waals surface area contributed by atoms with Crippen LogP contribution in [-0.2, 0) is 33.5 Å². The number of fused-ring (bicyclic) bond motifs is 5. The Kier molecular flexibility index (Phi) is 9.73. The van der Waals surface area contributed by atoms with E-state index < -0.39 is 75.4 Å². The van der Waals surface area contributed by atoms with Gasteiger partial charge >= 0.3 is 11.9 Å². The molecule has 0 spiro atoms. The van der Waals surface area contributed by atoms with Crippen LogP contribution in [0.3, 0.4) is 0 Å². The number of Topliss-reactive ketones (excluding diaryl/α,β-unsaturated/α-hetero) is 1. The summed E-state index contributed by atoms with van der Waals surface area (Å²) in [6, 6.07) is 0. The number of ketones is 2. The van der Waals surface area contributed by atoms with Gasteiger partial charge in [-0.2, -0.15) is 0 Å². The highest BCUT2D eigenvalue weighted by molar-refractivity contribution is 5.94. The summed E-state index contributed by atoms with van der Waals surface area (Å²) in [5, 5.41) is 21.1. The molecule has 1 unspecified atom stereocenters. The van der Waals surface area contributed by atoms with Crippen LogP contribution in [0.25, 0.3) is 0 Å². The number of aliphatic hydroxyl groups excluding tert-OH is 1. The van der Waals surface area contributed by atoms with E-state index in [1.807, 2.05) is 13.0 Å². The number of carbonyl (C=O) groups excluding carboxylic acids is 4. The van der Waals surface area contributed by atoms with E-state index in [2.05, 4.69) is 4.84 Å². The summed E-state index contributed by atoms with van der Waals surface area (Å²) in [7, 11) is 0. The number of halogens is 1. The molecule has 0 saturated heterocycles. The molecule has 0 bridgehead atoms. The van der Waals surface area contributed by atoms with Gasteiger partial charge in [-0.05, 0) is 57.4 Å². The maximum Gasteiger partial charge on any atom is 0.306 e. The monoisotopic (exact) mass is 621 g/mol. The van der Waals surface area contributed by atoms with E-state index in [1.54, 1.807) is 26.8 Å². The molecule has 0 aliphatic heterocycles. The zero-order valence-electron chi connectivity index (χ0n) is 26.0. The Balaban J connectivity index is 1.63. The molecule has 2 fully saturated rings. The molecule has 244 valence electrons. The number of hydrogen-bond acceptors (Lipinski definition) is 10. The van der Waals surface area contributed by atoms with E-state index in [9.17, 15) is 34.4 Å². The van der Waals surface area contributed by atoms with Crippen molar-refractivity contribution in [1.82, 2.24) is 0 Å². The molecule has 0 heterocycles. The lowest BCUT2D eigenvalue weighted by Gasteiger charge is -2.62. The van der Waals surface area contributed by atoms with E-state index in [1.165, 1.54) is 6.08 Å². The lowest BCUT2D eigenvalue weighted by atomic mass is 9.45. The van der Waals surface area contributed by atoms with Gasteiger partial charge in [-0.3, -0.25) is 19.2 Å². The minimum Gasteiger partial charge on any atom is -0.457 e. The number of ether oxygens (including phenoxy) is 2. The summed E-state index contributed by atoms with van der Waals surface area (Å²) in [5.41, 5.74) is -5.63. The highest BCUT2D eigenvalue weighted by Crippen LogP contribution is 2.71. The van der Waals surface area contributed by atoms with Gasteiger partial charge in [0.2, 0.25) is 5.78 Å². The minimum atomic E-state index is -2.12. The highest BCUT2D eigenvalue weighted by atomic mass is 19.1. The molecule has 0 aromatic rings. The third-order valence-electron chi connectivity index (χ3n) is 10.9. The zero-order chi connectivity index (χ0) is 32.5. The summed E-state index contributed by atoms with van der Waals surface area (Å²) in [6.45, 7) is 6.34. The van der Waals surface area contributed by atoms with Crippen molar-refractivity contribution in [3.05, 3.63) is 33.9 Å². The molecule has 44 heavy (non-hydrogen) atoms. The number of hydrogen-bond donors (Lipinski definition) is 1. The van der Waals surface area contributed by atoms with Gasteiger partial charge in [0.25, 0.3) is 5.09 Å². The van der Waals surface area contributed by atoms with Gasteiger partial charge in [0.15, 0.2) is 23.7 Å². The first kappa shape index (κ1) is 33.7. The Morgan fingerprint density at radius 3 is 2.52 bits per heavy atom. The predicted octanol–water partition coefficient (Wildman–Crippen LogP) is 4.57. The molecule has 0 aromatic carbocycles. The first-order chi connectivity index (χ1) is 20.7. The van der Waals surface area contributed by atoms with Gasteiger partial charge in [0, 0.05) is 41.9 Å². The van der Waals surface area contributed by atoms with Crippen LogP contribution in [0.1, 0.15) is 91.9 Å². The van der Waals surface area contributed by atoms with Gasteiger partial charge in [-0.15, -0.1) is 10.1 Å². The SMILES string of the molecule is CCCCC(=O)O[C@]1(C(=O)COC(=O)CCCCO[N+](=O)[O-])[C@@H](C)C[C@H]2C3CC=C4CC(=O)C=C[C@]4(C)[C@@]3(F)[C@@H](O)C[C@@]21C. The van der Waals surface area contributed by atoms with Gasteiger partial charge in [-0.1, -0.05) is 44.9 Å². The third kappa shape index (κ3) is 5.47. The Bertz CT molecular complexity index is 1250. The van der Waals surface area contributed by atoms with Crippen LogP contribution in [-0.4, -0.2) is 64.3 Å². The number of alkyl halides is 1. The minimum absolute atomic E-state index is 0.0764. The van der Waals surface area contributed by atoms with Crippen LogP contribution in [0.15, 0.2) is 23.8 Å². The molecule has 8 atom stereocenters. The third-order valence-corrected chi connectivity index (χ3v) is 10.9. The number of allylic oxidation sites excluding steroid dienone is 4. The molecule has 1 N–H and O–H groups in total. The van der Waals surface area contributed by atoms with E-state index in [0.29, 0.717) is 18.4 Å². The summed E-state index contributed by atoms with van der Waals surface area (Å²) in [6.07, 6.45) is 5.56. The molecule has 12 heteroatoms. The molecule has 11 nitrogen and oxygen atoms in total. The number of aliphatic hydroxyl groups is 1. The Hall–Kier alpha value is -3.15. The fraction of sp³-hybridized carbons (Fsp3) is 0.750. The van der Waals surface area contributed by atoms with Gasteiger partial charge < -0.3 is 19.4 Å². The fourth-order valence-corrected chi connectivity index (χ4v) is 8.69. The summed E-state index contributed by atoms with van der Waals surface area (Å²) >= 11 is 0. The number of esters is 2. The van der Waals surface area contributed by atoms with Crippen LogP contribution >= 0.6 is 0 Å². The number of nitrogens with zero attached hydrogens (tertiary/aromatic N) is 1. The average Bonchev–Trinajstić information content (AvgIpc) is 3.17. The van der Waals surface area contributed by atoms with Crippen molar-refractivity contribution in [2.75, 3.05) is 13.2 Å². The van der Waals surface area contributed by atoms with Crippen LogP contribution in [0, 0.1) is 38.7 Å². The molecule has 4 aliphatic carbocycles. The summed E-state index contributed by atoms with van der Waals surface area (Å²) < 4.78 is 29.1. The largest absolute Gasteiger partial charge is 0.457 e. The van der Waals surface area contributed by atoms with Crippen LogP contribution in [0.4, 0.5) is 4.39 Å². The van der Waals surface area contributed by atoms with Crippen molar-refractivity contribution in [2.24, 2.45) is 28.6 Å². The Morgan fingerprint density at radius 2 is 1.84 bits per heavy atom. The van der Waals surface area contributed by atoms with Gasteiger partial charge in [0.1, 0.15) is 0 Å². The van der Waals surface area contributed by atoms with E-state index in [4.69, 9.17) is 9.47 Å². The second-order valence-corrected chi connectivity index (χ2v) is 13.3. The topological polar surface area (TPSA) is 159 Å². The maximum absolute atomic E-state index is 17.6. The maximum atomic E-state index is 17.6. The van der Waals surface area contributed by atoms with Crippen molar-refractivity contribution >= 4 is 23.5 Å². The van der Waals surface area contributed by atoms with Crippen molar-refractivity contribution in [3.8, 4) is 0 Å². The van der Waals surface area contributed by atoms with Crippen LogP contribution < -0.4 is 0 Å². The van der Waals surface area contributed by atoms with Crippen molar-refractivity contribution < 1.29 is 48.1 Å². The van der Waals surface area contributed by atoms with Gasteiger partial charge in [0.05, 0.1) is 12.7 Å². The normalized spacial score (nSPS) is 37.2. The quantitative estimate of drug-likeness (QED) is 0.101. The molecule has 0 aromatic heterocycles. The predicted molar refractivity (Wildman–Crippen MR) is 154 cm³/mol. The standard InChI is InChI=1S/C32H44FNO10/c1-5-6-9-28(39)44-32(26(37)19-42-27(38)10-7-8-15-43-34(40)41)20(2)16-24-23-12-11-21-17-22(35)13-14-29(21,3)31(23,33)25(36)18-30(24,32)4/h11,13-14,20,23-25,36H,5-10,12,15-19H2,1-4H3/t20-,23?,24-,25-,29-,30-,31-,32-/m0/s1. The van der Waals surface area contributed by atoms with E-state index >= 15 is 4.39 Å². The first-order valence-corrected chi connectivity index (χ1v) is 15.6. The van der Waals surface area contributed by atoms with E-state index in [-0.39, 0.29) is 57.3 Å². The summed E-state index contributed by atoms with van der Waals surface area (Å²) in [5.74, 6) is -3.77. The zero-order valence-corrected chi connectivity index (χ0v) is 26.0. The lowest BCUT2D eigenvalue weighted by Crippen LogP contribution is -2.69. The fourth-order valence-electron chi connectivity index (χ4n) is 8.69. The molecule has 0 radical (unpaired) electrons. The molecule has 4 aliphatic rings. The van der Waals surface area contributed by atoms with Crippen molar-refractivity contribution in [1.29, 1.82) is 0 Å². The molecule has 0 amide bonds. The molecule has 4 rings (SSSR count). The van der Waals surface area contributed by atoms with Crippen LogP contribution in [0.5, 0.6) is 0 Å². The molecule has 2 saturated carbocycles. The van der Waals surface area contributed by atoms with Crippen LogP contribution in [0.2, 0.25) is 0 Å². The highest BCUT2D eigenvalue weighted by Gasteiger charge is 2.77. The van der Waals surface area contributed by atoms with Crippen molar-refractivity contribution in [3.63, 3.8) is 0 Å². The number of carbonyl (C=O) groups is 4. The second-order valence-electron chi connectivity index (χ2n) is 13.3. The van der Waals surface area contributed by atoms with Crippen molar-refractivity contribution in [2.45, 2.75) is 109 Å².